The molecule has 0 aromatic heterocycles. The highest BCUT2D eigenvalue weighted by Gasteiger charge is 2.11. The summed E-state index contributed by atoms with van der Waals surface area (Å²) in [5.74, 6) is 0.324. The van der Waals surface area contributed by atoms with Crippen LogP contribution in [0.25, 0.3) is 0 Å². The quantitative estimate of drug-likeness (QED) is 0.669. The molecule has 0 bridgehead atoms. The third-order valence-electron chi connectivity index (χ3n) is 1.52. The molecule has 0 atom stereocenters. The number of halogens is 4. The van der Waals surface area contributed by atoms with E-state index in [9.17, 15) is 0 Å². The molecule has 1 aromatic carbocycles. The summed E-state index contributed by atoms with van der Waals surface area (Å²) in [6.07, 6.45) is 0. The van der Waals surface area contributed by atoms with Crippen LogP contribution in [0.15, 0.2) is 18.2 Å². The van der Waals surface area contributed by atoms with E-state index in [0.717, 1.165) is 11.1 Å². The van der Waals surface area contributed by atoms with Gasteiger partial charge in [-0.2, -0.15) is 0 Å². The van der Waals surface area contributed by atoms with Crippen molar-refractivity contribution in [3.63, 3.8) is 0 Å². The first-order chi connectivity index (χ1) is 5.66. The van der Waals surface area contributed by atoms with Crippen LogP contribution in [0.5, 0.6) is 0 Å². The van der Waals surface area contributed by atoms with Gasteiger partial charge in [0.25, 0.3) is 0 Å². The van der Waals surface area contributed by atoms with Crippen molar-refractivity contribution in [2.24, 2.45) is 0 Å². The van der Waals surface area contributed by atoms with Crippen LogP contribution >= 0.6 is 46.4 Å². The molecule has 66 valence electrons. The number of rotatable bonds is 2. The molecule has 0 amide bonds. The van der Waals surface area contributed by atoms with Crippen molar-refractivity contribution >= 4 is 46.4 Å². The molecular weight excluding hydrogens is 238 g/mol. The van der Waals surface area contributed by atoms with Gasteiger partial charge in [0, 0.05) is 10.9 Å². The molecule has 0 aliphatic rings. The first-order valence-electron chi connectivity index (χ1n) is 3.28. The molecule has 4 heteroatoms. The van der Waals surface area contributed by atoms with Gasteiger partial charge in [0.15, 0.2) is 0 Å². The Balaban J connectivity index is 3.18. The SMILES string of the molecule is ClCc1c(Cl)cccc1C(Cl)Cl. The number of alkyl halides is 3. The van der Waals surface area contributed by atoms with Gasteiger partial charge in [-0.15, -0.1) is 34.8 Å². The lowest BCUT2D eigenvalue weighted by atomic mass is 10.1. The Bertz CT molecular complexity index is 270. The van der Waals surface area contributed by atoms with Crippen molar-refractivity contribution in [1.82, 2.24) is 0 Å². The fraction of sp³-hybridized carbons (Fsp3) is 0.250. The van der Waals surface area contributed by atoms with Crippen LogP contribution < -0.4 is 0 Å². The molecule has 0 heterocycles. The monoisotopic (exact) mass is 242 g/mol. The topological polar surface area (TPSA) is 0 Å². The smallest absolute Gasteiger partial charge is 0.121 e. The van der Waals surface area contributed by atoms with Gasteiger partial charge in [-0.1, -0.05) is 23.7 Å². The molecule has 0 saturated carbocycles. The van der Waals surface area contributed by atoms with Crippen molar-refractivity contribution in [3.05, 3.63) is 34.3 Å². The summed E-state index contributed by atoms with van der Waals surface area (Å²) >= 11 is 23.0. The normalized spacial score (nSPS) is 10.8. The Kier molecular flexibility index (Phi) is 3.98. The fourth-order valence-electron chi connectivity index (χ4n) is 0.921. The van der Waals surface area contributed by atoms with Crippen LogP contribution in [0.2, 0.25) is 5.02 Å². The Morgan fingerprint density at radius 1 is 1.25 bits per heavy atom. The second-order valence-electron chi connectivity index (χ2n) is 2.24. The van der Waals surface area contributed by atoms with Crippen LogP contribution in [0.1, 0.15) is 16.0 Å². The third kappa shape index (κ3) is 2.20. The van der Waals surface area contributed by atoms with Gasteiger partial charge in [-0.05, 0) is 17.2 Å². The van der Waals surface area contributed by atoms with E-state index in [0.29, 0.717) is 10.9 Å². The number of benzene rings is 1. The molecule has 0 fully saturated rings. The van der Waals surface area contributed by atoms with Gasteiger partial charge in [0.2, 0.25) is 0 Å². The lowest BCUT2D eigenvalue weighted by Crippen LogP contribution is -1.91. The highest BCUT2D eigenvalue weighted by molar-refractivity contribution is 6.44. The molecule has 12 heavy (non-hydrogen) atoms. The van der Waals surface area contributed by atoms with Crippen molar-refractivity contribution in [2.45, 2.75) is 10.7 Å². The zero-order valence-electron chi connectivity index (χ0n) is 6.03. The maximum atomic E-state index is 5.87. The Morgan fingerprint density at radius 2 is 1.92 bits per heavy atom. The van der Waals surface area contributed by atoms with Crippen molar-refractivity contribution < 1.29 is 0 Å². The maximum Gasteiger partial charge on any atom is 0.133 e. The summed E-state index contributed by atoms with van der Waals surface area (Å²) in [4.78, 5) is -0.572. The molecule has 0 saturated heterocycles. The molecule has 0 nitrogen and oxygen atoms in total. The van der Waals surface area contributed by atoms with Gasteiger partial charge in [-0.25, -0.2) is 0 Å². The molecule has 0 N–H and O–H groups in total. The summed E-state index contributed by atoms with van der Waals surface area (Å²) in [7, 11) is 0. The van der Waals surface area contributed by atoms with Crippen molar-refractivity contribution in [2.75, 3.05) is 0 Å². The van der Waals surface area contributed by atoms with E-state index in [1.54, 1.807) is 12.1 Å². The van der Waals surface area contributed by atoms with E-state index in [1.165, 1.54) is 0 Å². The molecule has 1 aromatic rings. The van der Waals surface area contributed by atoms with E-state index in [1.807, 2.05) is 6.07 Å². The van der Waals surface area contributed by atoms with Crippen LogP contribution in [0.3, 0.4) is 0 Å². The molecule has 0 radical (unpaired) electrons. The Hall–Kier alpha value is 0.380. The van der Waals surface area contributed by atoms with Crippen LogP contribution in [0.4, 0.5) is 0 Å². The van der Waals surface area contributed by atoms with Gasteiger partial charge in [-0.3, -0.25) is 0 Å². The minimum absolute atomic E-state index is 0.324. The first-order valence-corrected chi connectivity index (χ1v) is 5.06. The predicted octanol–water partition coefficient (Wildman–Crippen LogP) is 4.56. The van der Waals surface area contributed by atoms with Crippen LogP contribution in [0, 0.1) is 0 Å². The van der Waals surface area contributed by atoms with E-state index in [4.69, 9.17) is 46.4 Å². The minimum Gasteiger partial charge on any atom is -0.121 e. The summed E-state index contributed by atoms with van der Waals surface area (Å²) < 4.78 is 0. The molecule has 0 unspecified atom stereocenters. The first kappa shape index (κ1) is 10.5. The van der Waals surface area contributed by atoms with E-state index in [-0.39, 0.29) is 0 Å². The average molecular weight is 244 g/mol. The number of hydrogen-bond acceptors (Lipinski definition) is 0. The van der Waals surface area contributed by atoms with Gasteiger partial charge in [0.05, 0.1) is 0 Å². The van der Waals surface area contributed by atoms with Crippen LogP contribution in [-0.4, -0.2) is 0 Å². The summed E-state index contributed by atoms with van der Waals surface area (Å²) in [6.45, 7) is 0. The van der Waals surface area contributed by atoms with Crippen LogP contribution in [-0.2, 0) is 5.88 Å². The maximum absolute atomic E-state index is 5.87. The average Bonchev–Trinajstić information content (AvgIpc) is 2.03. The summed E-state index contributed by atoms with van der Waals surface area (Å²) in [5, 5.41) is 0.605. The van der Waals surface area contributed by atoms with Gasteiger partial charge in [0.1, 0.15) is 4.84 Å². The third-order valence-corrected chi connectivity index (χ3v) is 2.62. The highest BCUT2D eigenvalue weighted by Crippen LogP contribution is 2.32. The zero-order chi connectivity index (χ0) is 9.14. The summed E-state index contributed by atoms with van der Waals surface area (Å²) in [6, 6.07) is 5.37. The second kappa shape index (κ2) is 4.57. The molecular formula is C8H6Cl4. The Labute approximate surface area is 91.4 Å². The van der Waals surface area contributed by atoms with Crippen molar-refractivity contribution in [1.29, 1.82) is 0 Å². The van der Waals surface area contributed by atoms with E-state index < -0.39 is 4.84 Å². The highest BCUT2D eigenvalue weighted by atomic mass is 35.5. The predicted molar refractivity (Wildman–Crippen MR) is 55.5 cm³/mol. The second-order valence-corrected chi connectivity index (χ2v) is 4.01. The molecule has 0 aliphatic carbocycles. The number of hydrogen-bond donors (Lipinski definition) is 0. The van der Waals surface area contributed by atoms with Gasteiger partial charge < -0.3 is 0 Å². The van der Waals surface area contributed by atoms with E-state index >= 15 is 0 Å². The molecule has 1 rings (SSSR count). The van der Waals surface area contributed by atoms with Crippen molar-refractivity contribution in [3.8, 4) is 0 Å². The van der Waals surface area contributed by atoms with E-state index in [2.05, 4.69) is 0 Å². The largest absolute Gasteiger partial charge is 0.133 e. The molecule has 0 aliphatic heterocycles. The lowest BCUT2D eigenvalue weighted by molar-refractivity contribution is 1.24. The molecule has 0 spiro atoms. The minimum atomic E-state index is -0.572. The zero-order valence-corrected chi connectivity index (χ0v) is 9.05. The Morgan fingerprint density at radius 3 is 2.33 bits per heavy atom. The lowest BCUT2D eigenvalue weighted by Gasteiger charge is -2.08. The van der Waals surface area contributed by atoms with Gasteiger partial charge >= 0.3 is 0 Å². The summed E-state index contributed by atoms with van der Waals surface area (Å²) in [5.41, 5.74) is 1.58. The standard InChI is InChI=1S/C8H6Cl4/c9-4-6-5(8(11)12)2-1-3-7(6)10/h1-3,8H,4H2. The fourth-order valence-corrected chi connectivity index (χ4v) is 1.94.